The molecule has 23 heavy (non-hydrogen) atoms. The molecule has 0 saturated carbocycles. The smallest absolute Gasteiger partial charge is 0.220 e. The van der Waals surface area contributed by atoms with E-state index in [9.17, 15) is 4.79 Å². The molecule has 0 saturated heterocycles. The monoisotopic (exact) mass is 396 g/mol. The van der Waals surface area contributed by atoms with E-state index in [2.05, 4.69) is 38.4 Å². The van der Waals surface area contributed by atoms with Crippen molar-refractivity contribution in [2.75, 3.05) is 6.54 Å². The lowest BCUT2D eigenvalue weighted by molar-refractivity contribution is -0.122. The minimum atomic E-state index is 0.0747. The van der Waals surface area contributed by atoms with Gasteiger partial charge >= 0.3 is 0 Å². The summed E-state index contributed by atoms with van der Waals surface area (Å²) in [5.41, 5.74) is 9.42. The fourth-order valence-corrected chi connectivity index (χ4v) is 4.68. The van der Waals surface area contributed by atoms with Crippen LogP contribution in [-0.2, 0) is 17.6 Å². The van der Waals surface area contributed by atoms with Gasteiger partial charge in [0.1, 0.15) is 0 Å². The number of fused-ring (bicyclic) bond motifs is 1. The molecule has 2 aromatic heterocycles. The summed E-state index contributed by atoms with van der Waals surface area (Å²) in [6.45, 7) is 2.53. The molecule has 124 valence electrons. The fourth-order valence-electron chi connectivity index (χ4n) is 3.14. The Hall–Kier alpha value is -1.18. The molecule has 1 aliphatic rings. The Morgan fingerprint density at radius 1 is 1.61 bits per heavy atom. The summed E-state index contributed by atoms with van der Waals surface area (Å²) in [5, 5.41) is 10.5. The predicted octanol–water partition coefficient (Wildman–Crippen LogP) is 2.65. The largest absolute Gasteiger partial charge is 0.353 e. The Bertz CT molecular complexity index is 696. The Balaban J connectivity index is 1.57. The molecule has 5 nitrogen and oxygen atoms in total. The maximum Gasteiger partial charge on any atom is 0.220 e. The first-order valence-corrected chi connectivity index (χ1v) is 9.45. The van der Waals surface area contributed by atoms with Crippen molar-refractivity contribution < 1.29 is 4.79 Å². The van der Waals surface area contributed by atoms with Crippen LogP contribution < -0.4 is 11.1 Å². The van der Waals surface area contributed by atoms with Crippen molar-refractivity contribution in [2.24, 2.45) is 5.73 Å². The predicted molar refractivity (Wildman–Crippen MR) is 95.7 cm³/mol. The number of nitrogens with two attached hydrogens (primary N) is 1. The lowest BCUT2D eigenvalue weighted by Gasteiger charge is -2.23. The number of aryl methyl sites for hydroxylation is 1. The van der Waals surface area contributed by atoms with E-state index in [1.54, 1.807) is 11.3 Å². The number of hydrogen-bond donors (Lipinski definition) is 3. The Labute approximate surface area is 148 Å². The standard InChI is InChI=1S/C16H21BrN4OS/c1-9-12-3-2-11(7-13(12)21-20-9)19-16(22)6-10(8-18)14-4-5-15(17)23-14/h4-5,10-11H,2-3,6-8,18H2,1H3,(H,19,22)(H,20,21). The third kappa shape index (κ3) is 3.84. The fraction of sp³-hybridized carbons (Fsp3) is 0.500. The summed E-state index contributed by atoms with van der Waals surface area (Å²) >= 11 is 5.10. The molecule has 1 aliphatic carbocycles. The average molecular weight is 397 g/mol. The number of carbonyl (C=O) groups excluding carboxylic acids is 1. The van der Waals surface area contributed by atoms with Gasteiger partial charge in [-0.3, -0.25) is 9.89 Å². The minimum Gasteiger partial charge on any atom is -0.353 e. The van der Waals surface area contributed by atoms with Crippen molar-refractivity contribution in [1.82, 2.24) is 15.5 Å². The zero-order chi connectivity index (χ0) is 16.4. The highest BCUT2D eigenvalue weighted by molar-refractivity contribution is 9.11. The summed E-state index contributed by atoms with van der Waals surface area (Å²) in [6, 6.07) is 4.22. The maximum absolute atomic E-state index is 12.4. The quantitative estimate of drug-likeness (QED) is 0.725. The molecule has 0 bridgehead atoms. The van der Waals surface area contributed by atoms with Gasteiger partial charge in [-0.1, -0.05) is 0 Å². The van der Waals surface area contributed by atoms with E-state index < -0.39 is 0 Å². The molecule has 0 fully saturated rings. The molecule has 7 heteroatoms. The molecule has 2 heterocycles. The number of rotatable bonds is 5. The van der Waals surface area contributed by atoms with Crippen LogP contribution in [0.2, 0.25) is 0 Å². The van der Waals surface area contributed by atoms with Gasteiger partial charge in [-0.2, -0.15) is 5.10 Å². The highest BCUT2D eigenvalue weighted by Gasteiger charge is 2.25. The highest BCUT2D eigenvalue weighted by Crippen LogP contribution is 2.30. The number of aromatic amines is 1. The molecule has 0 radical (unpaired) electrons. The molecule has 3 rings (SSSR count). The first-order chi connectivity index (χ1) is 11.1. The van der Waals surface area contributed by atoms with E-state index in [4.69, 9.17) is 5.73 Å². The molecule has 2 unspecified atom stereocenters. The molecule has 0 aliphatic heterocycles. The van der Waals surface area contributed by atoms with Gasteiger partial charge in [0.05, 0.1) is 9.48 Å². The van der Waals surface area contributed by atoms with E-state index in [-0.39, 0.29) is 17.9 Å². The molecular weight excluding hydrogens is 376 g/mol. The zero-order valence-electron chi connectivity index (χ0n) is 13.1. The number of nitrogens with one attached hydrogen (secondary N) is 2. The van der Waals surface area contributed by atoms with Crippen LogP contribution in [0.25, 0.3) is 0 Å². The zero-order valence-corrected chi connectivity index (χ0v) is 15.5. The van der Waals surface area contributed by atoms with Crippen LogP contribution in [0.5, 0.6) is 0 Å². The minimum absolute atomic E-state index is 0.0747. The van der Waals surface area contributed by atoms with E-state index in [0.29, 0.717) is 13.0 Å². The second-order valence-electron chi connectivity index (χ2n) is 6.06. The second kappa shape index (κ2) is 7.15. The molecule has 4 N–H and O–H groups in total. The number of amides is 1. The number of thiophene rings is 1. The van der Waals surface area contributed by atoms with Crippen molar-refractivity contribution >= 4 is 33.2 Å². The Morgan fingerprint density at radius 2 is 2.43 bits per heavy atom. The second-order valence-corrected chi connectivity index (χ2v) is 8.55. The van der Waals surface area contributed by atoms with Gasteiger partial charge in [-0.15, -0.1) is 11.3 Å². The first-order valence-electron chi connectivity index (χ1n) is 7.84. The summed E-state index contributed by atoms with van der Waals surface area (Å²) < 4.78 is 1.07. The van der Waals surface area contributed by atoms with Crippen molar-refractivity contribution in [3.8, 4) is 0 Å². The van der Waals surface area contributed by atoms with Gasteiger partial charge in [0, 0.05) is 41.9 Å². The van der Waals surface area contributed by atoms with Crippen molar-refractivity contribution in [3.63, 3.8) is 0 Å². The third-order valence-electron chi connectivity index (χ3n) is 4.42. The van der Waals surface area contributed by atoms with Crippen molar-refractivity contribution in [3.05, 3.63) is 37.7 Å². The number of carbonyl (C=O) groups is 1. The van der Waals surface area contributed by atoms with Crippen molar-refractivity contribution in [1.29, 1.82) is 0 Å². The molecule has 0 spiro atoms. The van der Waals surface area contributed by atoms with Crippen LogP contribution in [0, 0.1) is 6.92 Å². The van der Waals surface area contributed by atoms with Crippen molar-refractivity contribution in [2.45, 2.75) is 44.6 Å². The Morgan fingerprint density at radius 3 is 3.13 bits per heavy atom. The molecule has 2 atom stereocenters. The third-order valence-corrected chi connectivity index (χ3v) is 6.21. The topological polar surface area (TPSA) is 83.8 Å². The molecule has 1 amide bonds. The number of halogens is 1. The number of nitrogens with zero attached hydrogens (tertiary/aromatic N) is 1. The van der Waals surface area contributed by atoms with Gasteiger partial charge in [0.2, 0.25) is 5.91 Å². The number of hydrogen-bond acceptors (Lipinski definition) is 4. The highest BCUT2D eigenvalue weighted by atomic mass is 79.9. The van der Waals surface area contributed by atoms with Crippen LogP contribution in [0.1, 0.15) is 40.6 Å². The van der Waals surface area contributed by atoms with Gasteiger partial charge in [-0.25, -0.2) is 0 Å². The van der Waals surface area contributed by atoms with Gasteiger partial charge in [-0.05, 0) is 53.4 Å². The summed E-state index contributed by atoms with van der Waals surface area (Å²) in [4.78, 5) is 13.5. The van der Waals surface area contributed by atoms with Crippen LogP contribution in [0.15, 0.2) is 15.9 Å². The van der Waals surface area contributed by atoms with Crippen LogP contribution in [0.4, 0.5) is 0 Å². The maximum atomic E-state index is 12.4. The van der Waals surface area contributed by atoms with Crippen LogP contribution >= 0.6 is 27.3 Å². The summed E-state index contributed by atoms with van der Waals surface area (Å²) in [7, 11) is 0. The lowest BCUT2D eigenvalue weighted by Crippen LogP contribution is -2.39. The molecule has 0 aromatic carbocycles. The Kier molecular flexibility index (Phi) is 5.18. The van der Waals surface area contributed by atoms with E-state index in [1.807, 2.05) is 12.1 Å². The summed E-state index contributed by atoms with van der Waals surface area (Å²) in [6.07, 6.45) is 3.19. The van der Waals surface area contributed by atoms with Crippen LogP contribution in [-0.4, -0.2) is 28.7 Å². The average Bonchev–Trinajstić information content (AvgIpc) is 3.11. The van der Waals surface area contributed by atoms with Gasteiger partial charge in [0.15, 0.2) is 0 Å². The van der Waals surface area contributed by atoms with Gasteiger partial charge < -0.3 is 11.1 Å². The van der Waals surface area contributed by atoms with E-state index in [1.165, 1.54) is 5.56 Å². The lowest BCUT2D eigenvalue weighted by atomic mass is 9.91. The molecule has 2 aromatic rings. The normalized spacial score (nSPS) is 18.5. The van der Waals surface area contributed by atoms with E-state index in [0.717, 1.165) is 39.3 Å². The van der Waals surface area contributed by atoms with Gasteiger partial charge in [0.25, 0.3) is 0 Å². The summed E-state index contributed by atoms with van der Waals surface area (Å²) in [5.74, 6) is 0.156. The molecular formula is C16H21BrN4OS. The first kappa shape index (κ1) is 16.7. The van der Waals surface area contributed by atoms with Crippen LogP contribution in [0.3, 0.4) is 0 Å². The number of aromatic nitrogens is 2. The number of H-pyrrole nitrogens is 1. The van der Waals surface area contributed by atoms with E-state index >= 15 is 0 Å². The SMILES string of the molecule is Cc1[nH]nc2c1CCC(NC(=O)CC(CN)c1ccc(Br)s1)C2.